The van der Waals surface area contributed by atoms with Crippen molar-refractivity contribution in [2.75, 3.05) is 5.32 Å². The number of thiazole rings is 1. The lowest BCUT2D eigenvalue weighted by Crippen LogP contribution is -2.03. The smallest absolute Gasteiger partial charge is 0.221 e. The Morgan fingerprint density at radius 3 is 2.77 bits per heavy atom. The molecular weight excluding hydrogens is 208 g/mol. The molecule has 6 heteroatoms. The second-order valence-electron chi connectivity index (χ2n) is 2.27. The fourth-order valence-corrected chi connectivity index (χ4v) is 2.39. The Bertz CT molecular complexity index is 304. The van der Waals surface area contributed by atoms with E-state index >= 15 is 0 Å². The lowest BCUT2D eigenvalue weighted by molar-refractivity contribution is -0.114. The number of aromatic nitrogens is 1. The maximum Gasteiger partial charge on any atom is 0.221 e. The van der Waals surface area contributed by atoms with Gasteiger partial charge in [-0.2, -0.15) is 0 Å². The summed E-state index contributed by atoms with van der Waals surface area (Å²) < 4.78 is 0.649. The van der Waals surface area contributed by atoms with Crippen LogP contribution in [0.5, 0.6) is 0 Å². The maximum atomic E-state index is 10.7. The summed E-state index contributed by atoms with van der Waals surface area (Å²) in [7, 11) is 0. The lowest BCUT2D eigenvalue weighted by atomic mass is 10.7. The predicted octanol–water partition coefficient (Wildman–Crippen LogP) is 1.74. The van der Waals surface area contributed by atoms with Crippen LogP contribution in [0.2, 0.25) is 0 Å². The molecule has 0 unspecified atom stereocenters. The molecule has 4 nitrogen and oxygen atoms in total. The van der Waals surface area contributed by atoms with Crippen LogP contribution in [0.4, 0.5) is 5.00 Å². The average molecular weight is 216 g/mol. The standard InChI is InChI=1S/C7H8N2O2S2/c1-4(10)9-6-3-8-7(13-6)12-5(2)11/h3H,1-2H3,(H,9,10). The van der Waals surface area contributed by atoms with Crippen molar-refractivity contribution in [1.82, 2.24) is 4.98 Å². The highest BCUT2D eigenvalue weighted by molar-refractivity contribution is 8.14. The molecule has 1 rings (SSSR count). The van der Waals surface area contributed by atoms with Gasteiger partial charge in [-0.1, -0.05) is 11.3 Å². The monoisotopic (exact) mass is 216 g/mol. The maximum absolute atomic E-state index is 10.7. The van der Waals surface area contributed by atoms with Crippen LogP contribution < -0.4 is 5.32 Å². The van der Waals surface area contributed by atoms with Crippen molar-refractivity contribution in [3.05, 3.63) is 6.20 Å². The highest BCUT2D eigenvalue weighted by Crippen LogP contribution is 2.27. The number of carbonyl (C=O) groups excluding carboxylic acids is 2. The molecule has 0 radical (unpaired) electrons. The summed E-state index contributed by atoms with van der Waals surface area (Å²) in [6, 6.07) is 0. The van der Waals surface area contributed by atoms with Gasteiger partial charge in [-0.15, -0.1) is 0 Å². The molecule has 0 bridgehead atoms. The Labute approximate surface area is 83.7 Å². The second-order valence-corrected chi connectivity index (χ2v) is 4.72. The van der Waals surface area contributed by atoms with Crippen LogP contribution >= 0.6 is 23.1 Å². The van der Waals surface area contributed by atoms with Gasteiger partial charge in [-0.3, -0.25) is 9.59 Å². The molecule has 1 amide bonds. The number of rotatable bonds is 2. The molecule has 0 spiro atoms. The molecule has 1 aromatic rings. The summed E-state index contributed by atoms with van der Waals surface area (Å²) in [4.78, 5) is 25.3. The molecule has 1 aromatic heterocycles. The number of carbonyl (C=O) groups is 2. The van der Waals surface area contributed by atoms with Crippen molar-refractivity contribution in [3.8, 4) is 0 Å². The zero-order chi connectivity index (χ0) is 9.84. The molecule has 1 heterocycles. The Kier molecular flexibility index (Phi) is 3.44. The van der Waals surface area contributed by atoms with Gasteiger partial charge in [-0.05, 0) is 11.8 Å². The van der Waals surface area contributed by atoms with Gasteiger partial charge in [0.05, 0.1) is 6.20 Å². The minimum Gasteiger partial charge on any atom is -0.317 e. The quantitative estimate of drug-likeness (QED) is 0.765. The molecule has 0 aliphatic rings. The van der Waals surface area contributed by atoms with Gasteiger partial charge in [0.2, 0.25) is 5.91 Å². The van der Waals surface area contributed by atoms with Crippen LogP contribution in [0, 0.1) is 0 Å². The van der Waals surface area contributed by atoms with Crippen LogP contribution in [0.3, 0.4) is 0 Å². The highest BCUT2D eigenvalue weighted by atomic mass is 32.2. The SMILES string of the molecule is CC(=O)Nc1cnc(SC(C)=O)s1. The van der Waals surface area contributed by atoms with E-state index in [9.17, 15) is 9.59 Å². The Morgan fingerprint density at radius 2 is 2.23 bits per heavy atom. The summed E-state index contributed by atoms with van der Waals surface area (Å²) in [5.74, 6) is -0.136. The minimum atomic E-state index is -0.136. The number of hydrogen-bond acceptors (Lipinski definition) is 5. The molecule has 0 fully saturated rings. The molecule has 13 heavy (non-hydrogen) atoms. The first-order valence-electron chi connectivity index (χ1n) is 3.50. The summed E-state index contributed by atoms with van der Waals surface area (Å²) in [6.07, 6.45) is 1.54. The second kappa shape index (κ2) is 4.38. The number of hydrogen-bond donors (Lipinski definition) is 1. The Morgan fingerprint density at radius 1 is 1.54 bits per heavy atom. The van der Waals surface area contributed by atoms with Crippen molar-refractivity contribution in [2.45, 2.75) is 18.2 Å². The van der Waals surface area contributed by atoms with E-state index < -0.39 is 0 Å². The third-order valence-corrected chi connectivity index (χ3v) is 2.79. The number of amides is 1. The van der Waals surface area contributed by atoms with Crippen LogP contribution in [-0.2, 0) is 9.59 Å². The highest BCUT2D eigenvalue weighted by Gasteiger charge is 2.05. The van der Waals surface area contributed by atoms with E-state index in [1.54, 1.807) is 0 Å². The zero-order valence-electron chi connectivity index (χ0n) is 7.16. The first-order chi connectivity index (χ1) is 6.08. The molecule has 0 aromatic carbocycles. The Balaban J connectivity index is 2.63. The molecule has 1 N–H and O–H groups in total. The lowest BCUT2D eigenvalue weighted by Gasteiger charge is -1.92. The van der Waals surface area contributed by atoms with Gasteiger partial charge in [-0.25, -0.2) is 4.98 Å². The molecule has 0 saturated heterocycles. The molecule has 0 aliphatic carbocycles. The number of nitrogens with zero attached hydrogens (tertiary/aromatic N) is 1. The molecular formula is C7H8N2O2S2. The molecule has 0 aliphatic heterocycles. The van der Waals surface area contributed by atoms with E-state index in [0.717, 1.165) is 11.8 Å². The molecule has 0 atom stereocenters. The van der Waals surface area contributed by atoms with Gasteiger partial charge >= 0.3 is 0 Å². The van der Waals surface area contributed by atoms with Gasteiger partial charge in [0.25, 0.3) is 0 Å². The van der Waals surface area contributed by atoms with Crippen molar-refractivity contribution in [2.24, 2.45) is 0 Å². The topological polar surface area (TPSA) is 59.1 Å². The van der Waals surface area contributed by atoms with E-state index in [1.807, 2.05) is 0 Å². The normalized spacial score (nSPS) is 9.69. The summed E-state index contributed by atoms with van der Waals surface area (Å²) in [5, 5.41) is 3.24. The van der Waals surface area contributed by atoms with Crippen molar-refractivity contribution >= 4 is 39.1 Å². The van der Waals surface area contributed by atoms with Gasteiger partial charge < -0.3 is 5.32 Å². The Hall–Kier alpha value is -0.880. The number of thioether (sulfide) groups is 1. The fourth-order valence-electron chi connectivity index (χ4n) is 0.660. The van der Waals surface area contributed by atoms with Gasteiger partial charge in [0, 0.05) is 13.8 Å². The fraction of sp³-hybridized carbons (Fsp3) is 0.286. The van der Waals surface area contributed by atoms with Crippen molar-refractivity contribution in [1.29, 1.82) is 0 Å². The van der Waals surface area contributed by atoms with E-state index in [0.29, 0.717) is 9.34 Å². The summed E-state index contributed by atoms with van der Waals surface area (Å²) in [6.45, 7) is 2.90. The van der Waals surface area contributed by atoms with E-state index in [4.69, 9.17) is 0 Å². The van der Waals surface area contributed by atoms with E-state index in [1.165, 1.54) is 31.4 Å². The first kappa shape index (κ1) is 10.2. The zero-order valence-corrected chi connectivity index (χ0v) is 8.79. The van der Waals surface area contributed by atoms with Crippen molar-refractivity contribution < 1.29 is 9.59 Å². The van der Waals surface area contributed by atoms with E-state index in [-0.39, 0.29) is 11.0 Å². The van der Waals surface area contributed by atoms with Crippen LogP contribution in [-0.4, -0.2) is 16.0 Å². The summed E-state index contributed by atoms with van der Waals surface area (Å²) >= 11 is 2.35. The minimum absolute atomic E-state index is 0.0104. The van der Waals surface area contributed by atoms with Crippen molar-refractivity contribution in [3.63, 3.8) is 0 Å². The number of anilines is 1. The average Bonchev–Trinajstić information content (AvgIpc) is 2.33. The largest absolute Gasteiger partial charge is 0.317 e. The van der Waals surface area contributed by atoms with E-state index in [2.05, 4.69) is 10.3 Å². The van der Waals surface area contributed by atoms with Crippen LogP contribution in [0.1, 0.15) is 13.8 Å². The third-order valence-electron chi connectivity index (χ3n) is 1.01. The predicted molar refractivity (Wildman–Crippen MR) is 53.0 cm³/mol. The molecule has 70 valence electrons. The first-order valence-corrected chi connectivity index (χ1v) is 5.13. The molecule has 0 saturated carbocycles. The van der Waals surface area contributed by atoms with Gasteiger partial charge in [0.1, 0.15) is 5.00 Å². The number of nitrogens with one attached hydrogen (secondary N) is 1. The van der Waals surface area contributed by atoms with Crippen LogP contribution in [0.15, 0.2) is 10.5 Å². The summed E-state index contributed by atoms with van der Waals surface area (Å²) in [5.41, 5.74) is 0. The van der Waals surface area contributed by atoms with Crippen LogP contribution in [0.25, 0.3) is 0 Å². The third kappa shape index (κ3) is 3.56. The van der Waals surface area contributed by atoms with Gasteiger partial charge in [0.15, 0.2) is 9.45 Å².